The molecule has 10 heteroatoms. The van der Waals surface area contributed by atoms with E-state index in [4.69, 9.17) is 21.4 Å². The molecule has 1 aromatic carbocycles. The molecule has 1 aliphatic rings. The van der Waals surface area contributed by atoms with E-state index in [-0.39, 0.29) is 11.8 Å². The number of aromatic nitrogens is 1. The van der Waals surface area contributed by atoms with E-state index in [1.54, 1.807) is 11.1 Å². The van der Waals surface area contributed by atoms with Crippen molar-refractivity contribution in [3.05, 3.63) is 59.3 Å². The lowest BCUT2D eigenvalue weighted by molar-refractivity contribution is -0.135. The molecule has 2 heterocycles. The van der Waals surface area contributed by atoms with Crippen LogP contribution < -0.4 is 10.2 Å². The van der Waals surface area contributed by atoms with Crippen molar-refractivity contribution in [3.63, 3.8) is 0 Å². The average Bonchev–Trinajstić information content (AvgIpc) is 3.10. The predicted molar refractivity (Wildman–Crippen MR) is 192 cm³/mol. The summed E-state index contributed by atoms with van der Waals surface area (Å²) in [5.41, 5.74) is 4.03. The number of aliphatic hydroxyl groups is 2. The molecule has 260 valence electrons. The predicted octanol–water partition coefficient (Wildman–Crippen LogP) is 5.63. The molecule has 3 rings (SSSR count). The molecular weight excluding hydrogens is 616 g/mol. The minimum atomic E-state index is -1.01. The number of hydrogen-bond acceptors (Lipinski definition) is 7. The van der Waals surface area contributed by atoms with Gasteiger partial charge in [-0.05, 0) is 56.2 Å². The van der Waals surface area contributed by atoms with Gasteiger partial charge in [-0.2, -0.15) is 0 Å². The number of hydrogen-bond donors (Lipinski definition) is 3. The summed E-state index contributed by atoms with van der Waals surface area (Å²) < 4.78 is 5.44. The van der Waals surface area contributed by atoms with Crippen LogP contribution in [0.1, 0.15) is 65.9 Å². The highest BCUT2D eigenvalue weighted by molar-refractivity contribution is 6.29. The number of carbonyl (C=O) groups excluding carboxylic acids is 2. The van der Waals surface area contributed by atoms with Crippen molar-refractivity contribution in [1.82, 2.24) is 15.2 Å². The van der Waals surface area contributed by atoms with Crippen molar-refractivity contribution in [2.24, 2.45) is 11.8 Å². The molecule has 0 radical (unpaired) electrons. The van der Waals surface area contributed by atoms with E-state index >= 15 is 0 Å². The normalized spacial score (nSPS) is 14.8. The molecule has 2 aromatic rings. The van der Waals surface area contributed by atoms with E-state index in [0.29, 0.717) is 24.9 Å². The summed E-state index contributed by atoms with van der Waals surface area (Å²) in [4.78, 5) is 31.9. The summed E-state index contributed by atoms with van der Waals surface area (Å²) in [6, 6.07) is 12.1. The lowest BCUT2D eigenvalue weighted by Gasteiger charge is -2.30. The van der Waals surface area contributed by atoms with Crippen LogP contribution in [0.2, 0.25) is 0 Å². The number of pyridine rings is 1. The van der Waals surface area contributed by atoms with Crippen LogP contribution in [0.5, 0.6) is 0 Å². The number of unbranched alkanes of at least 4 members (excludes halogenated alkanes) is 2. The Hall–Kier alpha value is -3.42. The number of terminal acetylenes is 1. The number of anilines is 1. The highest BCUT2D eigenvalue weighted by Gasteiger charge is 2.19. The standard InChI is InChI=1S/C19H23N3O3.C16H30ClNO2.C2H2/c1-14(23)19(24)21-13-15-6-7-17(20-12-15)16-4-2-3-5-18(16)22-8-10-25-11-9-22;1-5-6-7-10-18(16(20)12-19)11-14(3)13(2)8-9-15(4)17;1-2/h2-7,12,14,23H,8-11,13H2,1H3,(H,21,24);9,13-14,19H,5-8,10-12H2,1-4H3;1-2H/b;15-9+;. The number of rotatable bonds is 15. The number of morpholine rings is 1. The Kier molecular flexibility index (Phi) is 21.1. The van der Waals surface area contributed by atoms with Crippen LogP contribution in [0.4, 0.5) is 5.69 Å². The smallest absolute Gasteiger partial charge is 0.248 e. The van der Waals surface area contributed by atoms with Crippen molar-refractivity contribution in [1.29, 1.82) is 0 Å². The van der Waals surface area contributed by atoms with E-state index in [9.17, 15) is 14.7 Å². The Morgan fingerprint density at radius 1 is 1.11 bits per heavy atom. The first kappa shape index (κ1) is 41.6. The van der Waals surface area contributed by atoms with Crippen molar-refractivity contribution < 1.29 is 24.5 Å². The molecule has 3 atom stereocenters. The van der Waals surface area contributed by atoms with Crippen LogP contribution in [0.3, 0.4) is 0 Å². The minimum Gasteiger partial charge on any atom is -0.387 e. The van der Waals surface area contributed by atoms with Gasteiger partial charge in [0.05, 0.1) is 18.9 Å². The third-order valence-electron chi connectivity index (χ3n) is 7.97. The van der Waals surface area contributed by atoms with Crippen LogP contribution in [0.25, 0.3) is 11.3 Å². The summed E-state index contributed by atoms with van der Waals surface area (Å²) in [6.45, 7) is 14.4. The zero-order chi connectivity index (χ0) is 35.2. The fourth-order valence-electron chi connectivity index (χ4n) is 4.87. The van der Waals surface area contributed by atoms with Crippen molar-refractivity contribution in [3.8, 4) is 24.1 Å². The molecule has 0 bridgehead atoms. The summed E-state index contributed by atoms with van der Waals surface area (Å²) in [6.07, 6.45) is 15.0. The Labute approximate surface area is 287 Å². The maximum Gasteiger partial charge on any atom is 0.248 e. The fourth-order valence-corrected chi connectivity index (χ4v) is 4.96. The lowest BCUT2D eigenvalue weighted by Crippen LogP contribution is -2.38. The second-order valence-electron chi connectivity index (χ2n) is 11.7. The topological polar surface area (TPSA) is 115 Å². The zero-order valence-electron chi connectivity index (χ0n) is 28.8. The Morgan fingerprint density at radius 3 is 2.36 bits per heavy atom. The molecule has 2 amide bonds. The van der Waals surface area contributed by atoms with E-state index in [1.807, 2.05) is 37.3 Å². The number of carbonyl (C=O) groups is 2. The fraction of sp³-hybridized carbons (Fsp3) is 0.541. The molecule has 0 aliphatic carbocycles. The summed E-state index contributed by atoms with van der Waals surface area (Å²) >= 11 is 5.85. The number of aliphatic hydroxyl groups excluding tert-OH is 2. The quantitative estimate of drug-likeness (QED) is 0.166. The number of nitrogens with one attached hydrogen (secondary N) is 1. The van der Waals surface area contributed by atoms with Gasteiger partial charge < -0.3 is 30.1 Å². The second-order valence-corrected chi connectivity index (χ2v) is 12.3. The third-order valence-corrected chi connectivity index (χ3v) is 8.13. The molecule has 1 aliphatic heterocycles. The van der Waals surface area contributed by atoms with Crippen LogP contribution in [0, 0.1) is 24.7 Å². The SMILES string of the molecule is C#C.CC(O)C(=O)NCc1ccc(-c2ccccc2N2CCOCC2)nc1.CCCCCN(CC(C)C(C)C/C=C(\C)Cl)C(=O)CO. The Morgan fingerprint density at radius 2 is 1.79 bits per heavy atom. The molecule has 1 fully saturated rings. The van der Waals surface area contributed by atoms with E-state index < -0.39 is 12.7 Å². The summed E-state index contributed by atoms with van der Waals surface area (Å²) in [5.74, 6) is 0.300. The Balaban J connectivity index is 0.000000459. The number of ether oxygens (including phenoxy) is 1. The number of amides is 2. The van der Waals surface area contributed by atoms with Gasteiger partial charge in [-0.15, -0.1) is 12.8 Å². The van der Waals surface area contributed by atoms with Gasteiger partial charge in [0.25, 0.3) is 0 Å². The maximum absolute atomic E-state index is 11.8. The van der Waals surface area contributed by atoms with Crippen LogP contribution in [0.15, 0.2) is 53.7 Å². The van der Waals surface area contributed by atoms with Crippen molar-refractivity contribution >= 4 is 29.1 Å². The van der Waals surface area contributed by atoms with Gasteiger partial charge in [0.1, 0.15) is 12.7 Å². The van der Waals surface area contributed by atoms with E-state index in [2.05, 4.69) is 61.0 Å². The monoisotopic (exact) mass is 670 g/mol. The highest BCUT2D eigenvalue weighted by Crippen LogP contribution is 2.30. The van der Waals surface area contributed by atoms with Gasteiger partial charge in [0.2, 0.25) is 11.8 Å². The number of para-hydroxylation sites is 1. The van der Waals surface area contributed by atoms with Crippen molar-refractivity contribution in [2.45, 2.75) is 73.0 Å². The molecule has 47 heavy (non-hydrogen) atoms. The van der Waals surface area contributed by atoms with Gasteiger partial charge in [-0.25, -0.2) is 0 Å². The van der Waals surface area contributed by atoms with Crippen LogP contribution in [-0.4, -0.2) is 84.0 Å². The molecule has 3 unspecified atom stereocenters. The maximum atomic E-state index is 11.8. The zero-order valence-corrected chi connectivity index (χ0v) is 29.6. The second kappa shape index (κ2) is 23.8. The molecule has 1 aromatic heterocycles. The van der Waals surface area contributed by atoms with Gasteiger partial charge in [0, 0.05) is 55.2 Å². The first-order valence-electron chi connectivity index (χ1n) is 16.4. The molecule has 0 saturated carbocycles. The summed E-state index contributed by atoms with van der Waals surface area (Å²) in [7, 11) is 0. The number of nitrogens with zero attached hydrogens (tertiary/aromatic N) is 3. The average molecular weight is 671 g/mol. The van der Waals surface area contributed by atoms with Gasteiger partial charge in [0.15, 0.2) is 0 Å². The highest BCUT2D eigenvalue weighted by atomic mass is 35.5. The largest absolute Gasteiger partial charge is 0.387 e. The van der Waals surface area contributed by atoms with Gasteiger partial charge in [-0.1, -0.05) is 75.6 Å². The molecular formula is C37H55ClN4O5. The lowest BCUT2D eigenvalue weighted by atomic mass is 9.92. The number of benzene rings is 1. The molecule has 0 spiro atoms. The Bertz CT molecular complexity index is 1220. The molecule has 9 nitrogen and oxygen atoms in total. The van der Waals surface area contributed by atoms with Crippen molar-refractivity contribution in [2.75, 3.05) is 50.9 Å². The minimum absolute atomic E-state index is 0.163. The molecule has 3 N–H and O–H groups in total. The first-order chi connectivity index (χ1) is 22.6. The van der Waals surface area contributed by atoms with Crippen LogP contribution >= 0.6 is 11.6 Å². The third kappa shape index (κ3) is 15.8. The molecule has 1 saturated heterocycles. The van der Waals surface area contributed by atoms with Crippen LogP contribution in [-0.2, 0) is 20.9 Å². The van der Waals surface area contributed by atoms with E-state index in [0.717, 1.165) is 86.1 Å². The van der Waals surface area contributed by atoms with E-state index in [1.165, 1.54) is 6.92 Å². The number of allylic oxidation sites excluding steroid dienone is 2. The summed E-state index contributed by atoms with van der Waals surface area (Å²) in [5, 5.41) is 21.8. The first-order valence-corrected chi connectivity index (χ1v) is 16.8. The van der Waals surface area contributed by atoms with Gasteiger partial charge >= 0.3 is 0 Å². The number of halogens is 1. The van der Waals surface area contributed by atoms with Gasteiger partial charge in [-0.3, -0.25) is 14.6 Å².